The molecule has 0 spiro atoms. The Morgan fingerprint density at radius 1 is 1.21 bits per heavy atom. The largest absolute Gasteiger partial charge is 0.381 e. The summed E-state index contributed by atoms with van der Waals surface area (Å²) in [5.41, 5.74) is 0. The maximum atomic E-state index is 12.2. The molecule has 1 saturated carbocycles. The molecule has 1 aliphatic heterocycles. The summed E-state index contributed by atoms with van der Waals surface area (Å²) in [5, 5.41) is 3.19. The van der Waals surface area contributed by atoms with Crippen molar-refractivity contribution in [1.29, 1.82) is 0 Å². The lowest BCUT2D eigenvalue weighted by molar-refractivity contribution is -0.124. The zero-order chi connectivity index (χ0) is 13.7. The van der Waals surface area contributed by atoms with Gasteiger partial charge in [0.15, 0.2) is 0 Å². The number of hydrogen-bond acceptors (Lipinski definition) is 3. The maximum Gasteiger partial charge on any atom is 0.234 e. The van der Waals surface area contributed by atoms with Crippen molar-refractivity contribution in [3.63, 3.8) is 0 Å². The summed E-state index contributed by atoms with van der Waals surface area (Å²) in [5.74, 6) is 0.201. The minimum absolute atomic E-state index is 0.201. The number of ether oxygens (including phenoxy) is 1. The summed E-state index contributed by atoms with van der Waals surface area (Å²) < 4.78 is 5.41. The molecule has 1 saturated heterocycles. The Kier molecular flexibility index (Phi) is 5.64. The number of rotatable bonds is 5. The van der Waals surface area contributed by atoms with Crippen LogP contribution in [0.1, 0.15) is 52.4 Å². The summed E-state index contributed by atoms with van der Waals surface area (Å²) in [7, 11) is 0. The van der Waals surface area contributed by atoms with Gasteiger partial charge in [0.2, 0.25) is 5.91 Å². The van der Waals surface area contributed by atoms with Gasteiger partial charge in [-0.1, -0.05) is 12.8 Å². The molecule has 0 aromatic rings. The molecule has 0 radical (unpaired) electrons. The lowest BCUT2D eigenvalue weighted by atomic mass is 10.1. The predicted molar refractivity (Wildman–Crippen MR) is 76.1 cm³/mol. The molecule has 1 aliphatic carbocycles. The molecular weight excluding hydrogens is 240 g/mol. The predicted octanol–water partition coefficient (Wildman–Crippen LogP) is 1.93. The van der Waals surface area contributed by atoms with Crippen LogP contribution in [0.2, 0.25) is 0 Å². The molecule has 0 atom stereocenters. The number of hydrogen-bond donors (Lipinski definition) is 1. The number of nitrogens with one attached hydrogen (secondary N) is 1. The van der Waals surface area contributed by atoms with E-state index in [1.54, 1.807) is 0 Å². The van der Waals surface area contributed by atoms with Crippen molar-refractivity contribution in [2.24, 2.45) is 0 Å². The molecule has 1 N–H and O–H groups in total. The molecule has 2 fully saturated rings. The highest BCUT2D eigenvalue weighted by molar-refractivity contribution is 5.78. The number of carbonyl (C=O) groups excluding carboxylic acids is 1. The average molecular weight is 268 g/mol. The van der Waals surface area contributed by atoms with Crippen LogP contribution in [0.25, 0.3) is 0 Å². The summed E-state index contributed by atoms with van der Waals surface area (Å²) in [4.78, 5) is 14.5. The second-order valence-electron chi connectivity index (χ2n) is 6.16. The van der Waals surface area contributed by atoms with Crippen LogP contribution in [-0.2, 0) is 9.53 Å². The fourth-order valence-corrected chi connectivity index (χ4v) is 3.26. The Hall–Kier alpha value is -0.610. The van der Waals surface area contributed by atoms with E-state index in [4.69, 9.17) is 4.74 Å². The van der Waals surface area contributed by atoms with Gasteiger partial charge in [0.25, 0.3) is 0 Å². The van der Waals surface area contributed by atoms with Gasteiger partial charge in [0, 0.05) is 31.3 Å². The van der Waals surface area contributed by atoms with Gasteiger partial charge < -0.3 is 10.1 Å². The van der Waals surface area contributed by atoms with Crippen molar-refractivity contribution in [2.75, 3.05) is 19.8 Å². The summed E-state index contributed by atoms with van der Waals surface area (Å²) in [6.45, 7) is 6.56. The third kappa shape index (κ3) is 4.46. The van der Waals surface area contributed by atoms with Gasteiger partial charge in [-0.15, -0.1) is 0 Å². The molecule has 1 amide bonds. The van der Waals surface area contributed by atoms with Gasteiger partial charge in [-0.3, -0.25) is 9.69 Å². The van der Waals surface area contributed by atoms with E-state index >= 15 is 0 Å². The Balaban J connectivity index is 1.82. The van der Waals surface area contributed by atoms with E-state index in [1.165, 1.54) is 12.8 Å². The summed E-state index contributed by atoms with van der Waals surface area (Å²) >= 11 is 0. The van der Waals surface area contributed by atoms with Crippen LogP contribution >= 0.6 is 0 Å². The van der Waals surface area contributed by atoms with Crippen molar-refractivity contribution in [1.82, 2.24) is 10.2 Å². The van der Waals surface area contributed by atoms with E-state index in [0.717, 1.165) is 38.9 Å². The van der Waals surface area contributed by atoms with Gasteiger partial charge >= 0.3 is 0 Å². The highest BCUT2D eigenvalue weighted by atomic mass is 16.5. The van der Waals surface area contributed by atoms with Crippen LogP contribution in [-0.4, -0.2) is 48.7 Å². The Labute approximate surface area is 116 Å². The van der Waals surface area contributed by atoms with Gasteiger partial charge in [0.1, 0.15) is 0 Å². The monoisotopic (exact) mass is 268 g/mol. The van der Waals surface area contributed by atoms with Crippen LogP contribution in [0.5, 0.6) is 0 Å². The molecule has 19 heavy (non-hydrogen) atoms. The molecule has 2 rings (SSSR count). The van der Waals surface area contributed by atoms with Gasteiger partial charge in [-0.25, -0.2) is 0 Å². The zero-order valence-electron chi connectivity index (χ0n) is 12.4. The fourth-order valence-electron chi connectivity index (χ4n) is 3.26. The Bertz CT molecular complexity index is 282. The molecular formula is C15H28N2O2. The third-order valence-corrected chi connectivity index (χ3v) is 4.37. The van der Waals surface area contributed by atoms with Crippen molar-refractivity contribution in [2.45, 2.75) is 70.5 Å². The first-order chi connectivity index (χ1) is 9.16. The SMILES string of the molecule is CC(C)N(CC(=O)NC1CCCC1)C1CCOCC1. The molecule has 2 aliphatic rings. The maximum absolute atomic E-state index is 12.2. The molecule has 4 heteroatoms. The number of amides is 1. The second kappa shape index (κ2) is 7.25. The van der Waals surface area contributed by atoms with Crippen LogP contribution in [0, 0.1) is 0 Å². The second-order valence-corrected chi connectivity index (χ2v) is 6.16. The van der Waals surface area contributed by atoms with Gasteiger partial charge in [-0.05, 0) is 39.5 Å². The molecule has 4 nitrogen and oxygen atoms in total. The topological polar surface area (TPSA) is 41.6 Å². The van der Waals surface area contributed by atoms with Crippen molar-refractivity contribution >= 4 is 5.91 Å². The van der Waals surface area contributed by atoms with Crippen LogP contribution in [0.3, 0.4) is 0 Å². The van der Waals surface area contributed by atoms with Crippen molar-refractivity contribution < 1.29 is 9.53 Å². The van der Waals surface area contributed by atoms with Crippen LogP contribution < -0.4 is 5.32 Å². The molecule has 0 unspecified atom stereocenters. The quantitative estimate of drug-likeness (QED) is 0.828. The molecule has 0 bridgehead atoms. The summed E-state index contributed by atoms with van der Waals surface area (Å²) in [6, 6.07) is 1.34. The number of carbonyl (C=O) groups is 1. The van der Waals surface area contributed by atoms with E-state index in [-0.39, 0.29) is 5.91 Å². The highest BCUT2D eigenvalue weighted by Gasteiger charge is 2.26. The van der Waals surface area contributed by atoms with Crippen molar-refractivity contribution in [3.05, 3.63) is 0 Å². The normalized spacial score (nSPS) is 22.3. The first kappa shape index (κ1) is 14.8. The van der Waals surface area contributed by atoms with E-state index in [2.05, 4.69) is 24.1 Å². The Morgan fingerprint density at radius 3 is 2.42 bits per heavy atom. The van der Waals surface area contributed by atoms with Crippen LogP contribution in [0.15, 0.2) is 0 Å². The smallest absolute Gasteiger partial charge is 0.234 e. The minimum atomic E-state index is 0.201. The Morgan fingerprint density at radius 2 is 1.84 bits per heavy atom. The van der Waals surface area contributed by atoms with E-state index in [1.807, 2.05) is 0 Å². The fraction of sp³-hybridized carbons (Fsp3) is 0.933. The molecule has 0 aromatic carbocycles. The van der Waals surface area contributed by atoms with E-state index in [9.17, 15) is 4.79 Å². The zero-order valence-corrected chi connectivity index (χ0v) is 12.4. The first-order valence-corrected chi connectivity index (χ1v) is 7.79. The highest BCUT2D eigenvalue weighted by Crippen LogP contribution is 2.19. The van der Waals surface area contributed by atoms with Gasteiger partial charge in [0.05, 0.1) is 6.54 Å². The average Bonchev–Trinajstić information content (AvgIpc) is 2.89. The van der Waals surface area contributed by atoms with Gasteiger partial charge in [-0.2, -0.15) is 0 Å². The molecule has 110 valence electrons. The molecule has 0 aromatic heterocycles. The lowest BCUT2D eigenvalue weighted by Gasteiger charge is -2.36. The van der Waals surface area contributed by atoms with Crippen molar-refractivity contribution in [3.8, 4) is 0 Å². The standard InChI is InChI=1S/C15H28N2O2/c1-12(2)17(14-7-9-19-10-8-14)11-15(18)16-13-5-3-4-6-13/h12-14H,3-11H2,1-2H3,(H,16,18). The minimum Gasteiger partial charge on any atom is -0.381 e. The lowest BCUT2D eigenvalue weighted by Crippen LogP contribution is -2.49. The number of nitrogens with zero attached hydrogens (tertiary/aromatic N) is 1. The van der Waals surface area contributed by atoms with Crippen LogP contribution in [0.4, 0.5) is 0 Å². The summed E-state index contributed by atoms with van der Waals surface area (Å²) in [6.07, 6.45) is 6.94. The first-order valence-electron chi connectivity index (χ1n) is 7.79. The van der Waals surface area contributed by atoms with E-state index < -0.39 is 0 Å². The van der Waals surface area contributed by atoms with E-state index in [0.29, 0.717) is 24.7 Å². The third-order valence-electron chi connectivity index (χ3n) is 4.37. The molecule has 1 heterocycles.